The summed E-state index contributed by atoms with van der Waals surface area (Å²) in [6.45, 7) is 0. The number of carboxylic acids is 2. The van der Waals surface area contributed by atoms with E-state index in [1.54, 1.807) is 0 Å². The first-order valence-electron chi connectivity index (χ1n) is 6.38. The Bertz CT molecular complexity index is 860. The van der Waals surface area contributed by atoms with Crippen molar-refractivity contribution < 1.29 is 29.4 Å². The topological polar surface area (TPSA) is 133 Å². The molecular weight excluding hydrogens is 316 g/mol. The van der Waals surface area contributed by atoms with Crippen LogP contribution in [0.1, 0.15) is 20.7 Å². The number of nitrogens with zero attached hydrogens (tertiary/aromatic N) is 2. The molecule has 0 bridgehead atoms. The van der Waals surface area contributed by atoms with Crippen molar-refractivity contribution in [2.75, 3.05) is 0 Å². The van der Waals surface area contributed by atoms with Crippen LogP contribution in [0.25, 0.3) is 11.1 Å². The van der Waals surface area contributed by atoms with Crippen LogP contribution < -0.4 is 0 Å². The average molecular weight is 324 g/mol. The number of carbonyl (C=O) groups is 2. The van der Waals surface area contributed by atoms with Crippen LogP contribution in [0.5, 0.6) is 0 Å². The van der Waals surface area contributed by atoms with Crippen LogP contribution in [-0.2, 0) is 9.59 Å². The molecule has 0 aromatic heterocycles. The molecule has 0 saturated heterocycles. The van der Waals surface area contributed by atoms with Crippen LogP contribution in [0.2, 0.25) is 0 Å². The number of isocyanates is 2. The predicted octanol–water partition coefficient (Wildman–Crippen LogP) is 2.68. The molecule has 0 heterocycles. The summed E-state index contributed by atoms with van der Waals surface area (Å²) in [7, 11) is 0. The van der Waals surface area contributed by atoms with Gasteiger partial charge in [0.05, 0.1) is 22.5 Å². The van der Waals surface area contributed by atoms with Gasteiger partial charge in [-0.25, -0.2) is 19.2 Å². The number of aliphatic imine (C=N–C) groups is 2. The number of hydrogen-bond acceptors (Lipinski definition) is 6. The third-order valence-corrected chi connectivity index (χ3v) is 3.11. The van der Waals surface area contributed by atoms with Crippen LogP contribution >= 0.6 is 0 Å². The molecule has 0 fully saturated rings. The number of carbonyl (C=O) groups excluding carboxylic acids is 2. The lowest BCUT2D eigenvalue weighted by Gasteiger charge is -2.10. The van der Waals surface area contributed by atoms with Gasteiger partial charge in [0.1, 0.15) is 0 Å². The van der Waals surface area contributed by atoms with Crippen LogP contribution in [0.15, 0.2) is 46.4 Å². The smallest absolute Gasteiger partial charge is 0.336 e. The van der Waals surface area contributed by atoms with Gasteiger partial charge in [-0.05, 0) is 35.4 Å². The van der Waals surface area contributed by atoms with Crippen LogP contribution in [0.4, 0.5) is 11.4 Å². The molecule has 0 atom stereocenters. The summed E-state index contributed by atoms with van der Waals surface area (Å²) in [5.41, 5.74) is -0.0885. The monoisotopic (exact) mass is 324 g/mol. The molecule has 2 rings (SSSR count). The summed E-state index contributed by atoms with van der Waals surface area (Å²) in [5, 5.41) is 18.7. The quantitative estimate of drug-likeness (QED) is 0.641. The zero-order valence-electron chi connectivity index (χ0n) is 11.9. The van der Waals surface area contributed by atoms with E-state index in [1.165, 1.54) is 36.4 Å². The molecular formula is C16H8N2O6. The Morgan fingerprint density at radius 1 is 0.750 bits per heavy atom. The van der Waals surface area contributed by atoms with E-state index in [-0.39, 0.29) is 33.6 Å². The lowest BCUT2D eigenvalue weighted by Crippen LogP contribution is -2.04. The highest BCUT2D eigenvalue weighted by Gasteiger charge is 2.19. The molecule has 0 aliphatic rings. The van der Waals surface area contributed by atoms with E-state index < -0.39 is 11.9 Å². The van der Waals surface area contributed by atoms with E-state index in [2.05, 4.69) is 9.98 Å². The highest BCUT2D eigenvalue weighted by Crippen LogP contribution is 2.32. The fourth-order valence-corrected chi connectivity index (χ4v) is 2.13. The van der Waals surface area contributed by atoms with Crippen molar-refractivity contribution in [2.24, 2.45) is 9.98 Å². The van der Waals surface area contributed by atoms with Crippen molar-refractivity contribution in [3.63, 3.8) is 0 Å². The van der Waals surface area contributed by atoms with Crippen molar-refractivity contribution in [1.29, 1.82) is 0 Å². The number of carboxylic acid groups (broad SMARTS) is 2. The van der Waals surface area contributed by atoms with Gasteiger partial charge in [0.15, 0.2) is 0 Å². The Balaban J connectivity index is 2.75. The molecule has 0 amide bonds. The number of aromatic carboxylic acids is 2. The largest absolute Gasteiger partial charge is 0.478 e. The van der Waals surface area contributed by atoms with E-state index in [0.29, 0.717) is 0 Å². The third kappa shape index (κ3) is 3.31. The van der Waals surface area contributed by atoms with Crippen LogP contribution in [0.3, 0.4) is 0 Å². The molecule has 118 valence electrons. The molecule has 0 aliphatic heterocycles. The Morgan fingerprint density at radius 3 is 1.42 bits per heavy atom. The van der Waals surface area contributed by atoms with Crippen molar-refractivity contribution in [2.45, 2.75) is 0 Å². The van der Waals surface area contributed by atoms with E-state index in [0.717, 1.165) is 12.1 Å². The second-order valence-corrected chi connectivity index (χ2v) is 4.48. The molecule has 2 aromatic rings. The number of hydrogen-bond donors (Lipinski definition) is 2. The molecule has 8 nitrogen and oxygen atoms in total. The van der Waals surface area contributed by atoms with Crippen LogP contribution in [0, 0.1) is 0 Å². The maximum absolute atomic E-state index is 11.4. The first-order valence-corrected chi connectivity index (χ1v) is 6.38. The molecule has 0 spiro atoms. The van der Waals surface area contributed by atoms with Crippen molar-refractivity contribution in [3.05, 3.63) is 47.5 Å². The summed E-state index contributed by atoms with van der Waals surface area (Å²) >= 11 is 0. The second-order valence-electron chi connectivity index (χ2n) is 4.48. The highest BCUT2D eigenvalue weighted by molar-refractivity contribution is 6.03. The van der Waals surface area contributed by atoms with Crippen molar-refractivity contribution >= 4 is 35.5 Å². The normalized spacial score (nSPS) is 9.50. The minimum Gasteiger partial charge on any atom is -0.478 e. The van der Waals surface area contributed by atoms with Gasteiger partial charge in [-0.2, -0.15) is 9.98 Å². The summed E-state index contributed by atoms with van der Waals surface area (Å²) in [4.78, 5) is 50.2. The van der Waals surface area contributed by atoms with E-state index in [9.17, 15) is 29.4 Å². The maximum atomic E-state index is 11.4. The Hall–Kier alpha value is -3.86. The standard InChI is InChI=1S/C16H8N2O6/c19-7-17-9-1-3-11(13(5-9)15(21)22)12-4-2-10(18-8-20)6-14(12)16(23)24/h1-6H,(H,21,22)(H,23,24). The molecule has 24 heavy (non-hydrogen) atoms. The Kier molecular flexibility index (Phi) is 4.77. The number of benzene rings is 2. The minimum absolute atomic E-state index is 0.0743. The summed E-state index contributed by atoms with van der Waals surface area (Å²) in [6, 6.07) is 7.65. The van der Waals surface area contributed by atoms with Gasteiger partial charge in [0.25, 0.3) is 0 Å². The lowest BCUT2D eigenvalue weighted by atomic mass is 9.94. The molecule has 2 aromatic carbocycles. The van der Waals surface area contributed by atoms with Crippen molar-refractivity contribution in [3.8, 4) is 11.1 Å². The highest BCUT2D eigenvalue weighted by atomic mass is 16.4. The zero-order valence-corrected chi connectivity index (χ0v) is 11.9. The van der Waals surface area contributed by atoms with Gasteiger partial charge >= 0.3 is 11.9 Å². The van der Waals surface area contributed by atoms with Crippen molar-refractivity contribution in [1.82, 2.24) is 0 Å². The van der Waals surface area contributed by atoms with E-state index >= 15 is 0 Å². The van der Waals surface area contributed by atoms with Gasteiger partial charge in [0, 0.05) is 0 Å². The predicted molar refractivity (Wildman–Crippen MR) is 81.4 cm³/mol. The molecule has 0 aliphatic carbocycles. The minimum atomic E-state index is -1.32. The van der Waals surface area contributed by atoms with E-state index in [4.69, 9.17) is 0 Å². The molecule has 8 heteroatoms. The summed E-state index contributed by atoms with van der Waals surface area (Å²) in [5.74, 6) is -2.64. The Labute approximate surface area is 134 Å². The summed E-state index contributed by atoms with van der Waals surface area (Å²) in [6.07, 6.45) is 2.60. The average Bonchev–Trinajstić information content (AvgIpc) is 2.55. The molecule has 0 unspecified atom stereocenters. The molecule has 2 N–H and O–H groups in total. The summed E-state index contributed by atoms with van der Waals surface area (Å²) < 4.78 is 0. The van der Waals surface area contributed by atoms with Gasteiger partial charge in [0.2, 0.25) is 12.2 Å². The lowest BCUT2D eigenvalue weighted by molar-refractivity contribution is 0.0684. The van der Waals surface area contributed by atoms with Gasteiger partial charge < -0.3 is 10.2 Å². The molecule has 0 radical (unpaired) electrons. The first-order chi connectivity index (χ1) is 11.5. The van der Waals surface area contributed by atoms with Gasteiger partial charge in [-0.15, -0.1) is 0 Å². The molecule has 0 saturated carbocycles. The SMILES string of the molecule is O=C=Nc1ccc(-c2ccc(N=C=O)cc2C(=O)O)c(C(=O)O)c1. The number of rotatable bonds is 5. The van der Waals surface area contributed by atoms with Gasteiger partial charge in [-0.3, -0.25) is 0 Å². The zero-order chi connectivity index (χ0) is 17.7. The fraction of sp³-hybridized carbons (Fsp3) is 0. The van der Waals surface area contributed by atoms with Crippen LogP contribution in [-0.4, -0.2) is 34.3 Å². The Morgan fingerprint density at radius 2 is 1.12 bits per heavy atom. The maximum Gasteiger partial charge on any atom is 0.336 e. The fourth-order valence-electron chi connectivity index (χ4n) is 2.13. The third-order valence-electron chi connectivity index (χ3n) is 3.11. The first kappa shape index (κ1) is 16.5. The second kappa shape index (κ2) is 6.93. The van der Waals surface area contributed by atoms with Gasteiger partial charge in [-0.1, -0.05) is 12.1 Å². The van der Waals surface area contributed by atoms with E-state index in [1.807, 2.05) is 0 Å².